The smallest absolute Gasteiger partial charge is 0.317 e. The lowest BCUT2D eigenvalue weighted by molar-refractivity contribution is -0.244. The van der Waals surface area contributed by atoms with Crippen molar-refractivity contribution in [3.8, 4) is 0 Å². The molecule has 0 rings (SSSR count). The predicted molar refractivity (Wildman–Crippen MR) is 44.9 cm³/mol. The van der Waals surface area contributed by atoms with E-state index in [2.05, 4.69) is 4.89 Å². The van der Waals surface area contributed by atoms with Gasteiger partial charge in [-0.25, -0.2) is 4.89 Å². The second-order valence-electron chi connectivity index (χ2n) is 2.65. The minimum Gasteiger partial charge on any atom is -0.481 e. The molecule has 0 aliphatic heterocycles. The lowest BCUT2D eigenvalue weighted by atomic mass is 10.3. The van der Waals surface area contributed by atoms with E-state index >= 15 is 0 Å². The number of rotatable bonds is 8. The van der Waals surface area contributed by atoms with Gasteiger partial charge < -0.3 is 10.2 Å². The fourth-order valence-electron chi connectivity index (χ4n) is 0.885. The molecule has 0 spiro atoms. The first kappa shape index (κ1) is 12.8. The Labute approximate surface area is 80.4 Å². The van der Waals surface area contributed by atoms with Crippen molar-refractivity contribution >= 4 is 11.9 Å². The molecule has 0 heterocycles. The van der Waals surface area contributed by atoms with Crippen molar-refractivity contribution in [1.82, 2.24) is 4.90 Å². The summed E-state index contributed by atoms with van der Waals surface area (Å²) in [6, 6.07) is 0. The average molecular weight is 207 g/mol. The molecule has 0 fully saturated rings. The van der Waals surface area contributed by atoms with Crippen molar-refractivity contribution in [2.45, 2.75) is 6.42 Å². The Morgan fingerprint density at radius 3 is 2.21 bits per heavy atom. The van der Waals surface area contributed by atoms with Crippen LogP contribution >= 0.6 is 0 Å². The highest BCUT2D eigenvalue weighted by Crippen LogP contribution is 1.92. The van der Waals surface area contributed by atoms with Crippen molar-refractivity contribution in [2.75, 3.05) is 26.2 Å². The SMILES string of the molecule is O=C(O)CCN(CCOO)CC(=O)O. The Balaban J connectivity index is 3.83. The minimum absolute atomic E-state index is 0.0487. The molecule has 0 atom stereocenters. The predicted octanol–water partition coefficient (Wildman–Crippen LogP) is -0.663. The van der Waals surface area contributed by atoms with E-state index in [1.54, 1.807) is 0 Å². The molecule has 0 aromatic heterocycles. The van der Waals surface area contributed by atoms with Crippen LogP contribution in [0.5, 0.6) is 0 Å². The van der Waals surface area contributed by atoms with Gasteiger partial charge in [-0.3, -0.25) is 19.7 Å². The van der Waals surface area contributed by atoms with Gasteiger partial charge in [-0.1, -0.05) is 0 Å². The number of hydrogen-bond acceptors (Lipinski definition) is 5. The molecular formula is C7H13NO6. The minimum atomic E-state index is -1.05. The molecule has 0 bridgehead atoms. The van der Waals surface area contributed by atoms with E-state index in [9.17, 15) is 9.59 Å². The number of hydrogen-bond donors (Lipinski definition) is 3. The second kappa shape index (κ2) is 7.25. The molecule has 7 nitrogen and oxygen atoms in total. The zero-order valence-electron chi connectivity index (χ0n) is 7.55. The van der Waals surface area contributed by atoms with Crippen LogP contribution in [0.2, 0.25) is 0 Å². The summed E-state index contributed by atoms with van der Waals surface area (Å²) in [5, 5.41) is 24.9. The molecule has 0 unspecified atom stereocenters. The summed E-state index contributed by atoms with van der Waals surface area (Å²) in [6.45, 7) is -0.0232. The molecule has 82 valence electrons. The van der Waals surface area contributed by atoms with Gasteiger partial charge in [0.15, 0.2) is 0 Å². The number of carboxylic acids is 2. The quantitative estimate of drug-likeness (QED) is 0.358. The number of nitrogens with zero attached hydrogens (tertiary/aromatic N) is 1. The van der Waals surface area contributed by atoms with Gasteiger partial charge in [0.2, 0.25) is 0 Å². The molecule has 0 aromatic carbocycles. The normalized spacial score (nSPS) is 10.4. The van der Waals surface area contributed by atoms with Crippen LogP contribution < -0.4 is 0 Å². The molecule has 0 saturated carbocycles. The van der Waals surface area contributed by atoms with Gasteiger partial charge in [0.1, 0.15) is 0 Å². The average Bonchev–Trinajstić information content (AvgIpc) is 2.09. The molecule has 0 saturated heterocycles. The molecule has 0 aliphatic carbocycles. The maximum Gasteiger partial charge on any atom is 0.317 e. The van der Waals surface area contributed by atoms with Gasteiger partial charge in [0.05, 0.1) is 19.6 Å². The van der Waals surface area contributed by atoms with Crippen LogP contribution in [0, 0.1) is 0 Å². The Hall–Kier alpha value is -1.18. The monoisotopic (exact) mass is 207 g/mol. The lowest BCUT2D eigenvalue weighted by Gasteiger charge is -2.17. The maximum atomic E-state index is 10.3. The maximum absolute atomic E-state index is 10.3. The third-order valence-corrected chi connectivity index (χ3v) is 1.50. The molecule has 0 aliphatic rings. The summed E-state index contributed by atoms with van der Waals surface area (Å²) >= 11 is 0. The van der Waals surface area contributed by atoms with E-state index < -0.39 is 11.9 Å². The fraction of sp³-hybridized carbons (Fsp3) is 0.714. The highest BCUT2D eigenvalue weighted by atomic mass is 17.1. The van der Waals surface area contributed by atoms with Gasteiger partial charge in [0.25, 0.3) is 0 Å². The zero-order valence-corrected chi connectivity index (χ0v) is 7.55. The van der Waals surface area contributed by atoms with Gasteiger partial charge in [-0.05, 0) is 0 Å². The number of carboxylic acid groups (broad SMARTS) is 2. The highest BCUT2D eigenvalue weighted by molar-refractivity contribution is 5.69. The molecule has 14 heavy (non-hydrogen) atoms. The Bertz CT molecular complexity index is 195. The van der Waals surface area contributed by atoms with Crippen LogP contribution in [-0.4, -0.2) is 58.5 Å². The van der Waals surface area contributed by atoms with Crippen molar-refractivity contribution in [3.05, 3.63) is 0 Å². The van der Waals surface area contributed by atoms with E-state index in [0.717, 1.165) is 0 Å². The van der Waals surface area contributed by atoms with Crippen LogP contribution in [-0.2, 0) is 14.5 Å². The molecule has 0 aromatic rings. The largest absolute Gasteiger partial charge is 0.481 e. The summed E-state index contributed by atoms with van der Waals surface area (Å²) in [7, 11) is 0. The molecule has 0 amide bonds. The summed E-state index contributed by atoms with van der Waals surface area (Å²) in [5.41, 5.74) is 0. The van der Waals surface area contributed by atoms with Crippen LogP contribution in [0.3, 0.4) is 0 Å². The van der Waals surface area contributed by atoms with Crippen molar-refractivity contribution in [2.24, 2.45) is 0 Å². The third-order valence-electron chi connectivity index (χ3n) is 1.50. The standard InChI is InChI=1S/C7H13NO6/c9-6(10)1-2-8(3-4-14-13)5-7(11)12/h13H,1-5H2,(H,9,10)(H,11,12). The van der Waals surface area contributed by atoms with E-state index in [4.69, 9.17) is 15.5 Å². The topological polar surface area (TPSA) is 107 Å². The van der Waals surface area contributed by atoms with Crippen LogP contribution in [0.1, 0.15) is 6.42 Å². The van der Waals surface area contributed by atoms with Gasteiger partial charge >= 0.3 is 11.9 Å². The molecule has 0 radical (unpaired) electrons. The molecule has 7 heteroatoms. The van der Waals surface area contributed by atoms with E-state index in [1.165, 1.54) is 4.90 Å². The van der Waals surface area contributed by atoms with Crippen LogP contribution in [0.4, 0.5) is 0 Å². The van der Waals surface area contributed by atoms with E-state index in [-0.39, 0.29) is 32.7 Å². The fourth-order valence-corrected chi connectivity index (χ4v) is 0.885. The van der Waals surface area contributed by atoms with E-state index in [1.807, 2.05) is 0 Å². The van der Waals surface area contributed by atoms with Crippen LogP contribution in [0.25, 0.3) is 0 Å². The molecule has 3 N–H and O–H groups in total. The van der Waals surface area contributed by atoms with E-state index in [0.29, 0.717) is 0 Å². The first-order valence-electron chi connectivity index (χ1n) is 3.98. The Kier molecular flexibility index (Phi) is 6.63. The first-order valence-corrected chi connectivity index (χ1v) is 3.98. The Morgan fingerprint density at radius 1 is 1.14 bits per heavy atom. The Morgan fingerprint density at radius 2 is 1.79 bits per heavy atom. The second-order valence-corrected chi connectivity index (χ2v) is 2.65. The summed E-state index contributed by atoms with van der Waals surface area (Å²) < 4.78 is 0. The van der Waals surface area contributed by atoms with Crippen molar-refractivity contribution < 1.29 is 29.9 Å². The third kappa shape index (κ3) is 7.47. The summed E-state index contributed by atoms with van der Waals surface area (Å²) in [5.74, 6) is -2.04. The summed E-state index contributed by atoms with van der Waals surface area (Å²) in [6.07, 6.45) is -0.140. The van der Waals surface area contributed by atoms with Crippen molar-refractivity contribution in [3.63, 3.8) is 0 Å². The summed E-state index contributed by atoms with van der Waals surface area (Å²) in [4.78, 5) is 25.7. The van der Waals surface area contributed by atoms with Gasteiger partial charge in [0, 0.05) is 13.1 Å². The van der Waals surface area contributed by atoms with Gasteiger partial charge in [-0.2, -0.15) is 0 Å². The number of aliphatic carboxylic acids is 2. The first-order chi connectivity index (χ1) is 6.56. The lowest BCUT2D eigenvalue weighted by Crippen LogP contribution is -2.34. The highest BCUT2D eigenvalue weighted by Gasteiger charge is 2.10. The zero-order chi connectivity index (χ0) is 11.0. The van der Waals surface area contributed by atoms with Crippen LogP contribution in [0.15, 0.2) is 0 Å². The number of carbonyl (C=O) groups is 2. The molecular weight excluding hydrogens is 194 g/mol. The van der Waals surface area contributed by atoms with Gasteiger partial charge in [-0.15, -0.1) is 0 Å². The van der Waals surface area contributed by atoms with Crippen molar-refractivity contribution in [1.29, 1.82) is 0 Å².